The molecule has 2 N–H and O–H groups in total. The van der Waals surface area contributed by atoms with Gasteiger partial charge in [0.2, 0.25) is 0 Å². The molecule has 1 aliphatic rings. The average Bonchev–Trinajstić information content (AvgIpc) is 2.47. The maximum absolute atomic E-state index is 13.6. The zero-order valence-corrected chi connectivity index (χ0v) is 12.7. The second-order valence-electron chi connectivity index (χ2n) is 5.92. The van der Waals surface area contributed by atoms with Crippen molar-refractivity contribution in [3.8, 4) is 5.75 Å². The normalized spacial score (nSPS) is 19.9. The number of likely N-dealkylation sites (N-methyl/N-ethyl adjacent to an activating group) is 1. The fourth-order valence-corrected chi connectivity index (χ4v) is 3.44. The van der Waals surface area contributed by atoms with Crippen LogP contribution in [0.5, 0.6) is 5.75 Å². The molecular formula is C16H25FN2O. The van der Waals surface area contributed by atoms with E-state index in [4.69, 9.17) is 10.5 Å². The molecule has 2 rings (SSSR count). The fraction of sp³-hybridized carbons (Fsp3) is 0.625. The topological polar surface area (TPSA) is 38.5 Å². The van der Waals surface area contributed by atoms with Crippen LogP contribution in [0.1, 0.15) is 43.7 Å². The Hall–Kier alpha value is -1.13. The van der Waals surface area contributed by atoms with Gasteiger partial charge in [0.1, 0.15) is 11.6 Å². The Morgan fingerprint density at radius 3 is 2.45 bits per heavy atom. The van der Waals surface area contributed by atoms with Gasteiger partial charge in [-0.1, -0.05) is 19.3 Å². The second-order valence-corrected chi connectivity index (χ2v) is 5.92. The number of halogens is 1. The number of benzene rings is 1. The van der Waals surface area contributed by atoms with Crippen molar-refractivity contribution >= 4 is 0 Å². The Kier molecular flexibility index (Phi) is 4.66. The van der Waals surface area contributed by atoms with Crippen molar-refractivity contribution in [2.75, 3.05) is 21.2 Å². The molecule has 0 bridgehead atoms. The van der Waals surface area contributed by atoms with Gasteiger partial charge in [-0.25, -0.2) is 4.39 Å². The van der Waals surface area contributed by atoms with Gasteiger partial charge in [0, 0.05) is 11.1 Å². The highest BCUT2D eigenvalue weighted by Crippen LogP contribution is 2.43. The summed E-state index contributed by atoms with van der Waals surface area (Å²) in [7, 11) is 5.74. The van der Waals surface area contributed by atoms with E-state index in [0.29, 0.717) is 5.75 Å². The summed E-state index contributed by atoms with van der Waals surface area (Å²) in [5.74, 6) is 0.409. The average molecular weight is 280 g/mol. The van der Waals surface area contributed by atoms with Crippen LogP contribution in [-0.4, -0.2) is 31.6 Å². The first-order chi connectivity index (χ1) is 9.51. The molecule has 0 saturated heterocycles. The molecule has 1 unspecified atom stereocenters. The minimum Gasteiger partial charge on any atom is -0.496 e. The lowest BCUT2D eigenvalue weighted by molar-refractivity contribution is 0.0703. The lowest BCUT2D eigenvalue weighted by atomic mass is 9.73. The van der Waals surface area contributed by atoms with Crippen molar-refractivity contribution in [1.29, 1.82) is 0 Å². The minimum atomic E-state index is -0.263. The van der Waals surface area contributed by atoms with E-state index in [2.05, 4.69) is 19.0 Å². The van der Waals surface area contributed by atoms with Crippen molar-refractivity contribution in [2.45, 2.75) is 43.7 Å². The Balaban J connectivity index is 2.41. The second kappa shape index (κ2) is 6.10. The predicted molar refractivity (Wildman–Crippen MR) is 79.4 cm³/mol. The van der Waals surface area contributed by atoms with Crippen molar-refractivity contribution in [3.63, 3.8) is 0 Å². The van der Waals surface area contributed by atoms with Crippen molar-refractivity contribution in [3.05, 3.63) is 29.6 Å². The van der Waals surface area contributed by atoms with Crippen LogP contribution in [0.15, 0.2) is 18.2 Å². The van der Waals surface area contributed by atoms with Gasteiger partial charge in [-0.2, -0.15) is 0 Å². The van der Waals surface area contributed by atoms with Crippen LogP contribution in [-0.2, 0) is 0 Å². The van der Waals surface area contributed by atoms with Gasteiger partial charge in [-0.15, -0.1) is 0 Å². The lowest BCUT2D eigenvalue weighted by Crippen LogP contribution is -2.53. The molecule has 4 heteroatoms. The van der Waals surface area contributed by atoms with Crippen molar-refractivity contribution in [1.82, 2.24) is 4.90 Å². The van der Waals surface area contributed by atoms with Crippen molar-refractivity contribution in [2.24, 2.45) is 5.73 Å². The standard InChI is InChI=1S/C16H25FN2O/c1-19(2)16(9-5-4-6-10-16)15(18)13-11-12(17)7-8-14(13)20-3/h7-8,11,15H,4-6,9-10,18H2,1-3H3. The molecule has 1 atom stereocenters. The molecule has 0 amide bonds. The van der Waals surface area contributed by atoms with E-state index in [1.165, 1.54) is 31.4 Å². The molecule has 20 heavy (non-hydrogen) atoms. The summed E-state index contributed by atoms with van der Waals surface area (Å²) in [5.41, 5.74) is 7.22. The number of nitrogens with zero attached hydrogens (tertiary/aromatic N) is 1. The minimum absolute atomic E-state index is 0.112. The highest BCUT2D eigenvalue weighted by atomic mass is 19.1. The Morgan fingerprint density at radius 2 is 1.90 bits per heavy atom. The van der Waals surface area contributed by atoms with Gasteiger partial charge in [-0.05, 0) is 45.1 Å². The monoisotopic (exact) mass is 280 g/mol. The molecule has 0 heterocycles. The van der Waals surface area contributed by atoms with Crippen LogP contribution in [0.25, 0.3) is 0 Å². The molecule has 1 aromatic carbocycles. The van der Waals surface area contributed by atoms with Crippen LogP contribution in [0, 0.1) is 5.82 Å². The highest BCUT2D eigenvalue weighted by molar-refractivity contribution is 5.38. The number of hydrogen-bond donors (Lipinski definition) is 1. The Bertz CT molecular complexity index is 456. The summed E-state index contributed by atoms with van der Waals surface area (Å²) in [4.78, 5) is 2.21. The summed E-state index contributed by atoms with van der Waals surface area (Å²) in [6, 6.07) is 4.35. The molecule has 0 radical (unpaired) electrons. The SMILES string of the molecule is COc1ccc(F)cc1C(N)C1(N(C)C)CCCCC1. The molecule has 1 fully saturated rings. The summed E-state index contributed by atoms with van der Waals surface area (Å²) in [6.45, 7) is 0. The number of methoxy groups -OCH3 is 1. The van der Waals surface area contributed by atoms with Gasteiger partial charge < -0.3 is 15.4 Å². The number of hydrogen-bond acceptors (Lipinski definition) is 3. The fourth-order valence-electron chi connectivity index (χ4n) is 3.44. The van der Waals surface area contributed by atoms with Crippen LogP contribution < -0.4 is 10.5 Å². The first kappa shape index (κ1) is 15.3. The molecule has 112 valence electrons. The van der Waals surface area contributed by atoms with Gasteiger partial charge in [0.25, 0.3) is 0 Å². The van der Waals surface area contributed by atoms with E-state index in [9.17, 15) is 4.39 Å². The first-order valence-corrected chi connectivity index (χ1v) is 7.28. The van der Waals surface area contributed by atoms with E-state index in [1.807, 2.05) is 0 Å². The third kappa shape index (κ3) is 2.67. The quantitative estimate of drug-likeness (QED) is 0.921. The molecule has 0 aliphatic heterocycles. The van der Waals surface area contributed by atoms with Gasteiger partial charge in [0.15, 0.2) is 0 Å². The highest BCUT2D eigenvalue weighted by Gasteiger charge is 2.41. The largest absolute Gasteiger partial charge is 0.496 e. The van der Waals surface area contributed by atoms with E-state index in [1.54, 1.807) is 13.2 Å². The Labute approximate surface area is 120 Å². The number of nitrogens with two attached hydrogens (primary N) is 1. The molecular weight excluding hydrogens is 255 g/mol. The Morgan fingerprint density at radius 1 is 1.25 bits per heavy atom. The molecule has 0 spiro atoms. The number of rotatable bonds is 4. The zero-order valence-electron chi connectivity index (χ0n) is 12.7. The lowest BCUT2D eigenvalue weighted by Gasteiger charge is -2.47. The van der Waals surface area contributed by atoms with E-state index in [-0.39, 0.29) is 17.4 Å². The van der Waals surface area contributed by atoms with E-state index >= 15 is 0 Å². The van der Waals surface area contributed by atoms with Crippen LogP contribution in [0.4, 0.5) is 4.39 Å². The van der Waals surface area contributed by atoms with E-state index in [0.717, 1.165) is 18.4 Å². The van der Waals surface area contributed by atoms with Gasteiger partial charge in [-0.3, -0.25) is 0 Å². The smallest absolute Gasteiger partial charge is 0.123 e. The molecule has 3 nitrogen and oxygen atoms in total. The predicted octanol–water partition coefficient (Wildman–Crippen LogP) is 3.10. The van der Waals surface area contributed by atoms with Crippen molar-refractivity contribution < 1.29 is 9.13 Å². The maximum Gasteiger partial charge on any atom is 0.123 e. The summed E-state index contributed by atoms with van der Waals surface area (Å²) in [6.07, 6.45) is 5.68. The maximum atomic E-state index is 13.6. The zero-order chi connectivity index (χ0) is 14.8. The molecule has 1 saturated carbocycles. The molecule has 1 aliphatic carbocycles. The summed E-state index contributed by atoms with van der Waals surface area (Å²) >= 11 is 0. The van der Waals surface area contributed by atoms with Gasteiger partial charge >= 0.3 is 0 Å². The molecule has 1 aromatic rings. The molecule has 0 aromatic heterocycles. The summed E-state index contributed by atoms with van der Waals surface area (Å²) in [5, 5.41) is 0. The first-order valence-electron chi connectivity index (χ1n) is 7.28. The number of ether oxygens (including phenoxy) is 1. The van der Waals surface area contributed by atoms with E-state index < -0.39 is 0 Å². The van der Waals surface area contributed by atoms with Crippen LogP contribution in [0.2, 0.25) is 0 Å². The van der Waals surface area contributed by atoms with Crippen LogP contribution in [0.3, 0.4) is 0 Å². The summed E-state index contributed by atoms with van der Waals surface area (Å²) < 4.78 is 19.0. The van der Waals surface area contributed by atoms with Crippen LogP contribution >= 0.6 is 0 Å². The third-order valence-corrected chi connectivity index (χ3v) is 4.72. The third-order valence-electron chi connectivity index (χ3n) is 4.72. The van der Waals surface area contributed by atoms with Gasteiger partial charge in [0.05, 0.1) is 13.2 Å².